The highest BCUT2D eigenvalue weighted by Gasteiger charge is 2.41. The Kier molecular flexibility index (Phi) is 5.32. The minimum absolute atomic E-state index is 0.0764. The average molecular weight is 315 g/mol. The van der Waals surface area contributed by atoms with Gasteiger partial charge in [-0.3, -0.25) is 0 Å². The van der Waals surface area contributed by atoms with E-state index in [1.165, 1.54) is 0 Å². The van der Waals surface area contributed by atoms with Crippen LogP contribution < -0.4 is 0 Å². The lowest BCUT2D eigenvalue weighted by Crippen LogP contribution is -2.32. The van der Waals surface area contributed by atoms with Gasteiger partial charge in [-0.15, -0.1) is 0 Å². The Bertz CT molecular complexity index is 463. The van der Waals surface area contributed by atoms with Crippen molar-refractivity contribution in [3.05, 3.63) is 22.7 Å². The van der Waals surface area contributed by atoms with Gasteiger partial charge in [0, 0.05) is 5.41 Å². The maximum absolute atomic E-state index is 12.7. The van der Waals surface area contributed by atoms with Gasteiger partial charge in [0.25, 0.3) is 0 Å². The molecule has 0 aromatic carbocycles. The summed E-state index contributed by atoms with van der Waals surface area (Å²) in [5.41, 5.74) is 0.297. The second-order valence-corrected chi connectivity index (χ2v) is 5.68. The van der Waals surface area contributed by atoms with Gasteiger partial charge in [-0.25, -0.2) is 18.7 Å². The summed E-state index contributed by atoms with van der Waals surface area (Å²) >= 11 is 5.80. The number of nitrogens with zero attached hydrogens (tertiary/aromatic N) is 2. The number of halogens is 5. The molecule has 0 unspecified atom stereocenters. The maximum atomic E-state index is 12.7. The van der Waals surface area contributed by atoms with E-state index < -0.39 is 25.6 Å². The molecule has 8 heteroatoms. The highest BCUT2D eigenvalue weighted by molar-refractivity contribution is 6.29. The van der Waals surface area contributed by atoms with Crippen molar-refractivity contribution in [3.8, 4) is 0 Å². The molecule has 0 saturated carbocycles. The Labute approximate surface area is 119 Å². The first-order chi connectivity index (χ1) is 9.02. The van der Waals surface area contributed by atoms with Crippen LogP contribution in [-0.2, 0) is 16.8 Å². The van der Waals surface area contributed by atoms with Crippen LogP contribution in [0.25, 0.3) is 0 Å². The summed E-state index contributed by atoms with van der Waals surface area (Å²) in [4.78, 5) is 7.93. The fraction of sp³-hybridized carbons (Fsp3) is 0.667. The second-order valence-electron chi connectivity index (χ2n) is 5.30. The molecule has 0 atom stereocenters. The summed E-state index contributed by atoms with van der Waals surface area (Å²) in [5, 5.41) is 0.143. The highest BCUT2D eigenvalue weighted by Crippen LogP contribution is 2.24. The first-order valence-electron chi connectivity index (χ1n) is 5.80. The first kappa shape index (κ1) is 17.1. The Hall–Kier alpha value is -0.950. The summed E-state index contributed by atoms with van der Waals surface area (Å²) < 4.78 is 53.7. The number of ether oxygens (including phenoxy) is 1. The minimum Gasteiger partial charge on any atom is -0.367 e. The molecule has 0 radical (unpaired) electrons. The highest BCUT2D eigenvalue weighted by atomic mass is 35.5. The summed E-state index contributed by atoms with van der Waals surface area (Å²) in [5.74, 6) is -4.11. The van der Waals surface area contributed by atoms with Crippen LogP contribution in [0.1, 0.15) is 32.3 Å². The van der Waals surface area contributed by atoms with Crippen LogP contribution in [0, 0.1) is 0 Å². The van der Waals surface area contributed by atoms with Crippen molar-refractivity contribution in [3.63, 3.8) is 0 Å². The zero-order valence-corrected chi connectivity index (χ0v) is 12.0. The molecule has 0 fully saturated rings. The third kappa shape index (κ3) is 4.86. The summed E-state index contributed by atoms with van der Waals surface area (Å²) in [7, 11) is 0. The van der Waals surface area contributed by atoms with Crippen LogP contribution >= 0.6 is 11.6 Å². The molecule has 3 nitrogen and oxygen atoms in total. The zero-order valence-electron chi connectivity index (χ0n) is 11.3. The lowest BCUT2D eigenvalue weighted by Gasteiger charge is -2.19. The first-order valence-corrected chi connectivity index (χ1v) is 6.18. The van der Waals surface area contributed by atoms with Crippen LogP contribution in [0.2, 0.25) is 5.15 Å². The topological polar surface area (TPSA) is 35.0 Å². The van der Waals surface area contributed by atoms with E-state index in [-0.39, 0.29) is 16.4 Å². The number of hydrogen-bond acceptors (Lipinski definition) is 3. The molecule has 1 rings (SSSR count). The van der Waals surface area contributed by atoms with E-state index in [1.807, 2.05) is 20.8 Å². The number of rotatable bonds is 5. The molecule has 1 aromatic rings. The molecule has 114 valence electrons. The Morgan fingerprint density at radius 2 is 1.85 bits per heavy atom. The lowest BCUT2D eigenvalue weighted by molar-refractivity contribution is -0.168. The van der Waals surface area contributed by atoms with Crippen LogP contribution in [0.5, 0.6) is 0 Å². The Morgan fingerprint density at radius 3 is 2.35 bits per heavy atom. The van der Waals surface area contributed by atoms with Gasteiger partial charge < -0.3 is 4.74 Å². The molecule has 1 aromatic heterocycles. The monoisotopic (exact) mass is 314 g/mol. The molecule has 0 aliphatic rings. The average Bonchev–Trinajstić information content (AvgIpc) is 2.26. The largest absolute Gasteiger partial charge is 0.367 e. The van der Waals surface area contributed by atoms with Crippen molar-refractivity contribution in [1.29, 1.82) is 0 Å². The third-order valence-corrected chi connectivity index (χ3v) is 2.55. The molecule has 0 saturated heterocycles. The van der Waals surface area contributed by atoms with E-state index in [4.69, 9.17) is 11.6 Å². The van der Waals surface area contributed by atoms with Gasteiger partial charge in [-0.2, -0.15) is 8.78 Å². The maximum Gasteiger partial charge on any atom is 0.330 e. The van der Waals surface area contributed by atoms with Gasteiger partial charge in [-0.05, 0) is 6.07 Å². The van der Waals surface area contributed by atoms with Gasteiger partial charge in [0.2, 0.25) is 0 Å². The SMILES string of the molecule is CC(C)(C)c1cc(Cl)nc(COCC(F)(F)C(F)F)n1. The van der Waals surface area contributed by atoms with Crippen molar-refractivity contribution >= 4 is 11.6 Å². The molecule has 0 spiro atoms. The Morgan fingerprint density at radius 1 is 1.25 bits per heavy atom. The van der Waals surface area contributed by atoms with E-state index in [9.17, 15) is 17.6 Å². The smallest absolute Gasteiger partial charge is 0.330 e. The summed E-state index contributed by atoms with van der Waals surface area (Å²) in [6.07, 6.45) is -3.77. The van der Waals surface area contributed by atoms with E-state index in [2.05, 4.69) is 14.7 Å². The molecule has 1 heterocycles. The third-order valence-electron chi connectivity index (χ3n) is 2.35. The molecule has 0 aliphatic carbocycles. The van der Waals surface area contributed by atoms with E-state index >= 15 is 0 Å². The van der Waals surface area contributed by atoms with E-state index in [0.29, 0.717) is 5.69 Å². The Balaban J connectivity index is 2.72. The molecular weight excluding hydrogens is 300 g/mol. The second kappa shape index (κ2) is 6.22. The van der Waals surface area contributed by atoms with Crippen LogP contribution in [-0.4, -0.2) is 28.9 Å². The van der Waals surface area contributed by atoms with Crippen molar-refractivity contribution in [2.45, 2.75) is 45.1 Å². The van der Waals surface area contributed by atoms with Crippen LogP contribution in [0.15, 0.2) is 6.07 Å². The zero-order chi connectivity index (χ0) is 15.6. The molecule has 0 bridgehead atoms. The predicted octanol–water partition coefficient (Wildman–Crippen LogP) is 3.84. The normalized spacial score (nSPS) is 13.1. The number of alkyl halides is 4. The molecular formula is C12H15ClF4N2O. The standard InChI is InChI=1S/C12H15ClF4N2O/c1-11(2,3)7-4-8(13)19-9(18-7)5-20-6-12(16,17)10(14)15/h4,10H,5-6H2,1-3H3. The van der Waals surface area contributed by atoms with Gasteiger partial charge >= 0.3 is 12.3 Å². The predicted molar refractivity (Wildman–Crippen MR) is 66.3 cm³/mol. The fourth-order valence-corrected chi connectivity index (χ4v) is 1.46. The van der Waals surface area contributed by atoms with E-state index in [1.54, 1.807) is 6.07 Å². The number of aromatic nitrogens is 2. The van der Waals surface area contributed by atoms with E-state index in [0.717, 1.165) is 0 Å². The van der Waals surface area contributed by atoms with Gasteiger partial charge in [0.15, 0.2) is 5.82 Å². The summed E-state index contributed by atoms with van der Waals surface area (Å²) in [6, 6.07) is 1.55. The fourth-order valence-electron chi connectivity index (χ4n) is 1.25. The molecule has 0 N–H and O–H groups in total. The minimum atomic E-state index is -4.19. The molecule has 0 aliphatic heterocycles. The van der Waals surface area contributed by atoms with Crippen LogP contribution in [0.3, 0.4) is 0 Å². The lowest BCUT2D eigenvalue weighted by atomic mass is 9.92. The quantitative estimate of drug-likeness (QED) is 0.612. The van der Waals surface area contributed by atoms with Crippen molar-refractivity contribution in [2.24, 2.45) is 0 Å². The van der Waals surface area contributed by atoms with Crippen molar-refractivity contribution < 1.29 is 22.3 Å². The molecule has 20 heavy (non-hydrogen) atoms. The van der Waals surface area contributed by atoms with Crippen LogP contribution in [0.4, 0.5) is 17.6 Å². The van der Waals surface area contributed by atoms with Crippen molar-refractivity contribution in [2.75, 3.05) is 6.61 Å². The molecule has 0 amide bonds. The number of hydrogen-bond donors (Lipinski definition) is 0. The van der Waals surface area contributed by atoms with Crippen molar-refractivity contribution in [1.82, 2.24) is 9.97 Å². The van der Waals surface area contributed by atoms with Gasteiger partial charge in [-0.1, -0.05) is 32.4 Å². The summed E-state index contributed by atoms with van der Waals surface area (Å²) in [6.45, 7) is 3.86. The van der Waals surface area contributed by atoms with Gasteiger partial charge in [0.1, 0.15) is 18.4 Å². The van der Waals surface area contributed by atoms with Gasteiger partial charge in [0.05, 0.1) is 5.69 Å².